The summed E-state index contributed by atoms with van der Waals surface area (Å²) in [5.74, 6) is 0.902. The minimum atomic E-state index is -3.80. The molecule has 0 amide bonds. The largest absolute Gasteiger partial charge is 0.454 e. The maximum absolute atomic E-state index is 12.6. The lowest BCUT2D eigenvalue weighted by Gasteiger charge is -2.10. The molecule has 2 aromatic carbocycles. The molecule has 0 bridgehead atoms. The first-order chi connectivity index (χ1) is 11.9. The number of nitrogens with one attached hydrogen (secondary N) is 2. The molecule has 1 aromatic heterocycles. The Morgan fingerprint density at radius 2 is 1.84 bits per heavy atom. The van der Waals surface area contributed by atoms with E-state index in [2.05, 4.69) is 9.71 Å². The van der Waals surface area contributed by atoms with Crippen molar-refractivity contribution in [3.05, 3.63) is 58.4 Å². The third-order valence-electron chi connectivity index (χ3n) is 3.94. The van der Waals surface area contributed by atoms with Gasteiger partial charge >= 0.3 is 0 Å². The minimum absolute atomic E-state index is 0.0641. The van der Waals surface area contributed by atoms with Crippen molar-refractivity contribution in [3.63, 3.8) is 0 Å². The molecule has 4 rings (SSSR count). The standard InChI is InChI=1S/C17H14N2O5S/c1-10-6-11-2-3-12(7-14(11)18-17(10)20)19-25(21,22)13-4-5-15-16(8-13)24-9-23-15/h2-8,19H,9H2,1H3,(H,18,20). The zero-order valence-electron chi connectivity index (χ0n) is 13.2. The second-order valence-electron chi connectivity index (χ2n) is 5.70. The van der Waals surface area contributed by atoms with Crippen LogP contribution in [0, 0.1) is 6.92 Å². The van der Waals surface area contributed by atoms with E-state index >= 15 is 0 Å². The van der Waals surface area contributed by atoms with E-state index < -0.39 is 10.0 Å². The van der Waals surface area contributed by atoms with Gasteiger partial charge in [-0.25, -0.2) is 8.42 Å². The maximum atomic E-state index is 12.6. The SMILES string of the molecule is Cc1cc2ccc(NS(=O)(=O)c3ccc4c(c3)OCO4)cc2[nH]c1=O. The highest BCUT2D eigenvalue weighted by atomic mass is 32.2. The van der Waals surface area contributed by atoms with Crippen molar-refractivity contribution >= 4 is 26.6 Å². The van der Waals surface area contributed by atoms with Gasteiger partial charge in [-0.05, 0) is 42.6 Å². The minimum Gasteiger partial charge on any atom is -0.454 e. The quantitative estimate of drug-likeness (QED) is 0.749. The van der Waals surface area contributed by atoms with Crippen LogP contribution in [-0.2, 0) is 10.0 Å². The predicted octanol–water partition coefficient (Wildman–Crippen LogP) is 2.37. The molecule has 1 aliphatic rings. The Morgan fingerprint density at radius 3 is 2.68 bits per heavy atom. The lowest BCUT2D eigenvalue weighted by Crippen LogP contribution is -2.13. The number of sulfonamides is 1. The average Bonchev–Trinajstić information content (AvgIpc) is 3.03. The van der Waals surface area contributed by atoms with Crippen LogP contribution in [0.25, 0.3) is 10.9 Å². The molecule has 2 heterocycles. The molecule has 0 saturated heterocycles. The highest BCUT2D eigenvalue weighted by molar-refractivity contribution is 7.92. The summed E-state index contributed by atoms with van der Waals surface area (Å²) in [6, 6.07) is 11.1. The van der Waals surface area contributed by atoms with E-state index in [4.69, 9.17) is 9.47 Å². The molecule has 3 aromatic rings. The van der Waals surface area contributed by atoms with E-state index in [1.165, 1.54) is 12.1 Å². The van der Waals surface area contributed by atoms with Gasteiger partial charge in [-0.2, -0.15) is 0 Å². The van der Waals surface area contributed by atoms with Crippen molar-refractivity contribution < 1.29 is 17.9 Å². The molecule has 8 heteroatoms. The summed E-state index contributed by atoms with van der Waals surface area (Å²) in [5.41, 5.74) is 1.30. The molecule has 1 aliphatic heterocycles. The van der Waals surface area contributed by atoms with Gasteiger partial charge in [0, 0.05) is 11.6 Å². The fourth-order valence-corrected chi connectivity index (χ4v) is 3.70. The molecule has 0 saturated carbocycles. The zero-order valence-corrected chi connectivity index (χ0v) is 14.0. The zero-order chi connectivity index (χ0) is 17.6. The molecule has 0 unspecified atom stereocenters. The van der Waals surface area contributed by atoms with E-state index in [0.29, 0.717) is 28.3 Å². The number of hydrogen-bond acceptors (Lipinski definition) is 5. The summed E-state index contributed by atoms with van der Waals surface area (Å²) >= 11 is 0. The van der Waals surface area contributed by atoms with Gasteiger partial charge in [0.2, 0.25) is 6.79 Å². The molecular formula is C17H14N2O5S. The monoisotopic (exact) mass is 358 g/mol. The first kappa shape index (κ1) is 15.5. The van der Waals surface area contributed by atoms with E-state index in [9.17, 15) is 13.2 Å². The summed E-state index contributed by atoms with van der Waals surface area (Å²) in [4.78, 5) is 14.5. The summed E-state index contributed by atoms with van der Waals surface area (Å²) in [6.07, 6.45) is 0. The lowest BCUT2D eigenvalue weighted by atomic mass is 10.1. The highest BCUT2D eigenvalue weighted by Crippen LogP contribution is 2.34. The van der Waals surface area contributed by atoms with Crippen LogP contribution >= 0.6 is 0 Å². The molecule has 25 heavy (non-hydrogen) atoms. The van der Waals surface area contributed by atoms with Crippen LogP contribution < -0.4 is 19.8 Å². The Bertz CT molecular complexity index is 1150. The lowest BCUT2D eigenvalue weighted by molar-refractivity contribution is 0.174. The summed E-state index contributed by atoms with van der Waals surface area (Å²) in [6.45, 7) is 1.79. The fraction of sp³-hybridized carbons (Fsp3) is 0.118. The van der Waals surface area contributed by atoms with Crippen LogP contribution in [0.3, 0.4) is 0 Å². The highest BCUT2D eigenvalue weighted by Gasteiger charge is 2.20. The Kier molecular flexibility index (Phi) is 3.43. The maximum Gasteiger partial charge on any atom is 0.262 e. The van der Waals surface area contributed by atoms with Crippen molar-refractivity contribution in [2.45, 2.75) is 11.8 Å². The summed E-state index contributed by atoms with van der Waals surface area (Å²) in [7, 11) is -3.80. The second-order valence-corrected chi connectivity index (χ2v) is 7.39. The number of hydrogen-bond donors (Lipinski definition) is 2. The molecule has 0 atom stereocenters. The number of fused-ring (bicyclic) bond motifs is 2. The third kappa shape index (κ3) is 2.80. The number of rotatable bonds is 3. The van der Waals surface area contributed by atoms with Crippen LogP contribution in [0.4, 0.5) is 5.69 Å². The van der Waals surface area contributed by atoms with Gasteiger partial charge in [-0.3, -0.25) is 9.52 Å². The van der Waals surface area contributed by atoms with Crippen molar-refractivity contribution in [1.82, 2.24) is 4.98 Å². The normalized spacial score (nSPS) is 13.2. The molecular weight excluding hydrogens is 344 g/mol. The Hall–Kier alpha value is -3.00. The van der Waals surface area contributed by atoms with Crippen molar-refractivity contribution in [2.24, 2.45) is 0 Å². The molecule has 7 nitrogen and oxygen atoms in total. The number of aryl methyl sites for hydroxylation is 1. The number of benzene rings is 2. The van der Waals surface area contributed by atoms with Gasteiger partial charge in [-0.15, -0.1) is 0 Å². The van der Waals surface area contributed by atoms with E-state index in [0.717, 1.165) is 5.39 Å². The van der Waals surface area contributed by atoms with Crippen LogP contribution in [0.15, 0.2) is 52.2 Å². The van der Waals surface area contributed by atoms with E-state index in [1.54, 1.807) is 37.3 Å². The molecule has 2 N–H and O–H groups in total. The van der Waals surface area contributed by atoms with E-state index in [1.807, 2.05) is 0 Å². The van der Waals surface area contributed by atoms with Crippen molar-refractivity contribution in [1.29, 1.82) is 0 Å². The summed E-state index contributed by atoms with van der Waals surface area (Å²) < 4.78 is 38.1. The van der Waals surface area contributed by atoms with E-state index in [-0.39, 0.29) is 17.2 Å². The summed E-state index contributed by atoms with van der Waals surface area (Å²) in [5, 5.41) is 0.822. The van der Waals surface area contributed by atoms with Crippen LogP contribution in [0.1, 0.15) is 5.56 Å². The fourth-order valence-electron chi connectivity index (χ4n) is 2.63. The first-order valence-electron chi connectivity index (χ1n) is 7.48. The number of ether oxygens (including phenoxy) is 2. The van der Waals surface area contributed by atoms with Gasteiger partial charge in [0.05, 0.1) is 16.1 Å². The van der Waals surface area contributed by atoms with Crippen LogP contribution in [0.5, 0.6) is 11.5 Å². The van der Waals surface area contributed by atoms with Crippen LogP contribution in [0.2, 0.25) is 0 Å². The van der Waals surface area contributed by atoms with Crippen LogP contribution in [-0.4, -0.2) is 20.2 Å². The number of aromatic nitrogens is 1. The smallest absolute Gasteiger partial charge is 0.262 e. The van der Waals surface area contributed by atoms with Gasteiger partial charge in [-0.1, -0.05) is 6.07 Å². The molecule has 128 valence electrons. The number of aromatic amines is 1. The Morgan fingerprint density at radius 1 is 1.04 bits per heavy atom. The van der Waals surface area contributed by atoms with Gasteiger partial charge in [0.1, 0.15) is 0 Å². The molecule has 0 spiro atoms. The average molecular weight is 358 g/mol. The Balaban J connectivity index is 1.70. The molecule has 0 aliphatic carbocycles. The van der Waals surface area contributed by atoms with Crippen molar-refractivity contribution in [2.75, 3.05) is 11.5 Å². The first-order valence-corrected chi connectivity index (χ1v) is 8.97. The number of H-pyrrole nitrogens is 1. The van der Waals surface area contributed by atoms with Gasteiger partial charge in [0.15, 0.2) is 11.5 Å². The predicted molar refractivity (Wildman–Crippen MR) is 92.7 cm³/mol. The molecule has 0 radical (unpaired) electrons. The number of pyridine rings is 1. The second kappa shape index (κ2) is 5.52. The topological polar surface area (TPSA) is 97.5 Å². The Labute approximate surface area is 143 Å². The molecule has 0 fully saturated rings. The van der Waals surface area contributed by atoms with Gasteiger partial charge < -0.3 is 14.5 Å². The van der Waals surface area contributed by atoms with Crippen molar-refractivity contribution in [3.8, 4) is 11.5 Å². The van der Waals surface area contributed by atoms with Gasteiger partial charge in [0.25, 0.3) is 15.6 Å². The third-order valence-corrected chi connectivity index (χ3v) is 5.32. The number of anilines is 1.